The van der Waals surface area contributed by atoms with E-state index in [0.717, 1.165) is 0 Å². The molecule has 22 heteroatoms. The van der Waals surface area contributed by atoms with Crippen LogP contribution in [0.25, 0.3) is 0 Å². The van der Waals surface area contributed by atoms with Crippen LogP contribution in [0, 0.1) is 17.8 Å². The highest BCUT2D eigenvalue weighted by Crippen LogP contribution is 2.42. The summed E-state index contributed by atoms with van der Waals surface area (Å²) in [6.45, 7) is 10.9. The van der Waals surface area contributed by atoms with Gasteiger partial charge in [-0.1, -0.05) is 27.7 Å². The fraction of sp³-hybridized carbons (Fsp3) is 0.743. The largest absolute Gasteiger partial charge is 0.480 e. The number of likely N-dealkylation sites (tertiary alicyclic amines) is 1. The van der Waals surface area contributed by atoms with Gasteiger partial charge in [0.25, 0.3) is 0 Å². The molecule has 1 fully saturated rings. The van der Waals surface area contributed by atoms with Crippen molar-refractivity contribution in [2.75, 3.05) is 25.5 Å². The molecule has 1 unspecified atom stereocenters. The zero-order valence-electron chi connectivity index (χ0n) is 33.8. The highest BCUT2D eigenvalue weighted by molar-refractivity contribution is 7.58. The smallest absolute Gasteiger partial charge is 0.322 e. The molecule has 1 aliphatic heterocycles. The van der Waals surface area contributed by atoms with Gasteiger partial charge in [-0.25, -0.2) is 0 Å². The monoisotopic (exact) mass is 831 g/mol. The van der Waals surface area contributed by atoms with E-state index in [1.54, 1.807) is 27.7 Å². The molecule has 1 rings (SSSR count). The maximum absolute atomic E-state index is 13.6. The second-order valence-corrected chi connectivity index (χ2v) is 17.7. The maximum atomic E-state index is 13.6. The van der Waals surface area contributed by atoms with Gasteiger partial charge in [0.15, 0.2) is 0 Å². The van der Waals surface area contributed by atoms with Crippen LogP contribution in [0.4, 0.5) is 0 Å². The van der Waals surface area contributed by atoms with Gasteiger partial charge in [-0.3, -0.25) is 47.7 Å². The molecule has 8 amide bonds. The van der Waals surface area contributed by atoms with Crippen molar-refractivity contribution in [3.05, 3.63) is 0 Å². The molecular formula is C35H62N9O12P. The van der Waals surface area contributed by atoms with E-state index in [2.05, 4.69) is 31.9 Å². The zero-order valence-corrected chi connectivity index (χ0v) is 34.7. The van der Waals surface area contributed by atoms with Crippen molar-refractivity contribution in [3.63, 3.8) is 0 Å². The van der Waals surface area contributed by atoms with E-state index in [1.165, 1.54) is 25.7 Å². The molecule has 0 aliphatic carbocycles. The predicted octanol–water partition coefficient (Wildman–Crippen LogP) is -2.18. The number of nitrogens with one attached hydrogen (secondary N) is 6. The Morgan fingerprint density at radius 1 is 0.754 bits per heavy atom. The second kappa shape index (κ2) is 23.6. The first-order valence-corrected chi connectivity index (χ1v) is 21.0. The number of carboxylic acid groups (broad SMARTS) is 1. The minimum Gasteiger partial charge on any atom is -0.480 e. The first kappa shape index (κ1) is 50.4. The first-order chi connectivity index (χ1) is 26.3. The Hall–Kier alpha value is -4.62. The lowest BCUT2D eigenvalue weighted by atomic mass is 9.96. The Kier molecular flexibility index (Phi) is 20.8. The van der Waals surface area contributed by atoms with Crippen LogP contribution in [0.1, 0.15) is 87.0 Å². The van der Waals surface area contributed by atoms with Gasteiger partial charge in [-0.15, -0.1) is 0 Å². The molecule has 0 spiro atoms. The number of carboxylic acids is 1. The second-order valence-electron chi connectivity index (χ2n) is 15.4. The normalized spacial score (nSPS) is 18.2. The molecule has 12 N–H and O–H groups in total. The lowest BCUT2D eigenvalue weighted by molar-refractivity contribution is -0.140. The van der Waals surface area contributed by atoms with E-state index >= 15 is 0 Å². The molecule has 0 saturated carbocycles. The summed E-state index contributed by atoms with van der Waals surface area (Å²) in [6.07, 6.45) is -0.624. The molecule has 0 radical (unpaired) electrons. The summed E-state index contributed by atoms with van der Waals surface area (Å²) in [5.74, 6) is -8.44. The number of aliphatic carboxylic acids is 1. The lowest BCUT2D eigenvalue weighted by Crippen LogP contribution is -2.56. The average molecular weight is 832 g/mol. The van der Waals surface area contributed by atoms with Crippen LogP contribution in [0.5, 0.6) is 0 Å². The number of primary amides is 1. The van der Waals surface area contributed by atoms with Crippen molar-refractivity contribution in [2.45, 2.75) is 123 Å². The molecule has 324 valence electrons. The van der Waals surface area contributed by atoms with Gasteiger partial charge in [0.1, 0.15) is 36.8 Å². The van der Waals surface area contributed by atoms with Crippen molar-refractivity contribution in [1.29, 1.82) is 0 Å². The summed E-state index contributed by atoms with van der Waals surface area (Å²) in [7, 11) is -4.24. The first-order valence-electron chi connectivity index (χ1n) is 19.0. The quantitative estimate of drug-likeness (QED) is 0.0464. The van der Waals surface area contributed by atoms with Crippen LogP contribution in [-0.4, -0.2) is 130 Å². The SMILES string of the molecule is CC(C)C[C@@H](CP(=O)(O)CNC(=O)[C@H](C)NC(=O)[C@@H]1CCCN1C(=O)[C@H](C)N)C(=O)N[C@@H](CC(C)C)C(=O)N[C@@H](C)C(=O)N[C@@H](CCC(N)=O)C(=O)NCC(=O)O. The summed E-state index contributed by atoms with van der Waals surface area (Å²) in [5, 5.41) is 23.3. The van der Waals surface area contributed by atoms with Crippen molar-refractivity contribution in [1.82, 2.24) is 36.8 Å². The standard InChI is InChI=1S/C35H62N9O12P/c1-18(2)13-23(16-57(55,56)17-39-29(48)21(6)41-34(53)26-9-8-12-44(26)35(54)20(5)36)31(50)43-25(14-19(3)4)33(52)40-22(7)30(49)42-24(10-11-27(37)45)32(51)38-15-28(46)47/h18-26H,8-17,36H2,1-7H3,(H2,37,45)(H,38,51)(H,39,48)(H,40,52)(H,41,53)(H,42,49)(H,43,50)(H,46,47)(H,55,56)/t20-,21-,22-,23-,24-,25-,26-/m0/s1. The fourth-order valence-corrected chi connectivity index (χ4v) is 7.58. The van der Waals surface area contributed by atoms with Gasteiger partial charge < -0.3 is 58.3 Å². The minimum atomic E-state index is -4.24. The number of hydrogen-bond donors (Lipinski definition) is 10. The Morgan fingerprint density at radius 2 is 1.33 bits per heavy atom. The fourth-order valence-electron chi connectivity index (χ4n) is 6.05. The third kappa shape index (κ3) is 18.5. The number of carbonyl (C=O) groups is 9. The van der Waals surface area contributed by atoms with E-state index in [-0.39, 0.29) is 37.5 Å². The molecule has 8 atom stereocenters. The predicted molar refractivity (Wildman–Crippen MR) is 207 cm³/mol. The Balaban J connectivity index is 2.98. The van der Waals surface area contributed by atoms with E-state index in [4.69, 9.17) is 16.6 Å². The molecule has 1 saturated heterocycles. The molecule has 0 aromatic carbocycles. The van der Waals surface area contributed by atoms with Crippen LogP contribution in [0.3, 0.4) is 0 Å². The summed E-state index contributed by atoms with van der Waals surface area (Å²) in [4.78, 5) is 125. The van der Waals surface area contributed by atoms with Crippen molar-refractivity contribution < 1.29 is 57.7 Å². The number of carbonyl (C=O) groups excluding carboxylic acids is 8. The Bertz CT molecular complexity index is 1530. The van der Waals surface area contributed by atoms with Crippen LogP contribution in [0.2, 0.25) is 0 Å². The van der Waals surface area contributed by atoms with E-state index in [9.17, 15) is 52.6 Å². The van der Waals surface area contributed by atoms with Crippen LogP contribution >= 0.6 is 7.37 Å². The average Bonchev–Trinajstić information content (AvgIpc) is 3.59. The van der Waals surface area contributed by atoms with Crippen molar-refractivity contribution in [2.24, 2.45) is 29.2 Å². The summed E-state index contributed by atoms with van der Waals surface area (Å²) in [6, 6.07) is -6.58. The molecule has 57 heavy (non-hydrogen) atoms. The van der Waals surface area contributed by atoms with E-state index < -0.39 is 122 Å². The van der Waals surface area contributed by atoms with Gasteiger partial charge in [0.2, 0.25) is 54.6 Å². The van der Waals surface area contributed by atoms with Gasteiger partial charge in [-0.2, -0.15) is 0 Å². The van der Waals surface area contributed by atoms with Gasteiger partial charge >= 0.3 is 5.97 Å². The summed E-state index contributed by atoms with van der Waals surface area (Å²) >= 11 is 0. The number of amides is 8. The topological polar surface area (TPSA) is 339 Å². The molecule has 1 heterocycles. The third-order valence-corrected chi connectivity index (χ3v) is 10.6. The molecule has 0 aromatic rings. The minimum absolute atomic E-state index is 0.105. The number of nitrogens with two attached hydrogens (primary N) is 2. The highest BCUT2D eigenvalue weighted by atomic mass is 31.2. The number of hydrogen-bond acceptors (Lipinski definition) is 11. The van der Waals surface area contributed by atoms with Gasteiger partial charge in [0, 0.05) is 25.0 Å². The molecule has 0 bridgehead atoms. The molecular weight excluding hydrogens is 769 g/mol. The highest BCUT2D eigenvalue weighted by Gasteiger charge is 2.37. The van der Waals surface area contributed by atoms with E-state index in [0.29, 0.717) is 19.4 Å². The maximum Gasteiger partial charge on any atom is 0.322 e. The van der Waals surface area contributed by atoms with Crippen LogP contribution < -0.4 is 43.4 Å². The summed E-state index contributed by atoms with van der Waals surface area (Å²) in [5.41, 5.74) is 10.9. The van der Waals surface area contributed by atoms with Crippen LogP contribution in [-0.2, 0) is 47.7 Å². The Morgan fingerprint density at radius 3 is 1.88 bits per heavy atom. The van der Waals surface area contributed by atoms with Crippen molar-refractivity contribution >= 4 is 60.6 Å². The third-order valence-electron chi connectivity index (χ3n) is 8.93. The molecule has 0 aromatic heterocycles. The number of nitrogens with zero attached hydrogens (tertiary/aromatic N) is 1. The zero-order chi connectivity index (χ0) is 43.8. The molecule has 21 nitrogen and oxygen atoms in total. The van der Waals surface area contributed by atoms with Gasteiger partial charge in [-0.05, 0) is 64.7 Å². The van der Waals surface area contributed by atoms with Crippen molar-refractivity contribution in [3.8, 4) is 0 Å². The Labute approximate surface area is 332 Å². The van der Waals surface area contributed by atoms with E-state index in [1.807, 2.05) is 0 Å². The molecule has 1 aliphatic rings. The van der Waals surface area contributed by atoms with Gasteiger partial charge in [0.05, 0.1) is 12.3 Å². The lowest BCUT2D eigenvalue weighted by Gasteiger charge is -2.27. The summed E-state index contributed by atoms with van der Waals surface area (Å²) < 4.78 is 13.4. The van der Waals surface area contributed by atoms with Crippen LogP contribution in [0.15, 0.2) is 0 Å². The number of rotatable bonds is 24.